The number of hydrogen-bond donors (Lipinski definition) is 2. The van der Waals surface area contributed by atoms with Gasteiger partial charge in [0.25, 0.3) is 0 Å². The molecule has 1 saturated carbocycles. The van der Waals surface area contributed by atoms with Gasteiger partial charge in [-0.1, -0.05) is 12.8 Å². The van der Waals surface area contributed by atoms with Gasteiger partial charge in [0.15, 0.2) is 0 Å². The SMILES string of the molecule is Cc1nc2ccc(C(=O)O)cc2n1CC1CCCCC1O. The highest BCUT2D eigenvalue weighted by molar-refractivity contribution is 5.92. The normalized spacial score (nSPS) is 22.6. The Labute approximate surface area is 123 Å². The molecule has 2 unspecified atom stereocenters. The lowest BCUT2D eigenvalue weighted by Crippen LogP contribution is -2.28. The number of aliphatic hydroxyl groups is 1. The molecule has 1 aromatic carbocycles. The number of hydrogen-bond acceptors (Lipinski definition) is 3. The van der Waals surface area contributed by atoms with Crippen LogP contribution in [-0.4, -0.2) is 31.8 Å². The molecule has 0 spiro atoms. The number of carboxylic acid groups (broad SMARTS) is 1. The second-order valence-corrected chi connectivity index (χ2v) is 5.89. The average molecular weight is 288 g/mol. The summed E-state index contributed by atoms with van der Waals surface area (Å²) < 4.78 is 2.04. The van der Waals surface area contributed by atoms with E-state index in [1.165, 1.54) is 0 Å². The van der Waals surface area contributed by atoms with E-state index in [2.05, 4.69) is 4.98 Å². The van der Waals surface area contributed by atoms with Crippen LogP contribution in [0.25, 0.3) is 11.0 Å². The highest BCUT2D eigenvalue weighted by Crippen LogP contribution is 2.28. The van der Waals surface area contributed by atoms with Crippen LogP contribution < -0.4 is 0 Å². The van der Waals surface area contributed by atoms with Crippen LogP contribution in [0.1, 0.15) is 41.9 Å². The minimum absolute atomic E-state index is 0.225. The molecule has 0 bridgehead atoms. The number of carboxylic acids is 1. The Morgan fingerprint density at radius 2 is 2.14 bits per heavy atom. The Balaban J connectivity index is 1.98. The summed E-state index contributed by atoms with van der Waals surface area (Å²) in [6, 6.07) is 5.00. The van der Waals surface area contributed by atoms with Crippen molar-refractivity contribution in [3.8, 4) is 0 Å². The molecule has 0 saturated heterocycles. The molecule has 1 heterocycles. The number of fused-ring (bicyclic) bond motifs is 1. The lowest BCUT2D eigenvalue weighted by molar-refractivity contribution is 0.0609. The minimum atomic E-state index is -0.931. The third-order valence-electron chi connectivity index (χ3n) is 4.47. The highest BCUT2D eigenvalue weighted by atomic mass is 16.4. The molecule has 1 fully saturated rings. The van der Waals surface area contributed by atoms with Crippen molar-refractivity contribution in [3.05, 3.63) is 29.6 Å². The summed E-state index contributed by atoms with van der Waals surface area (Å²) in [6.45, 7) is 2.63. The summed E-state index contributed by atoms with van der Waals surface area (Å²) in [5.74, 6) is 0.161. The first kappa shape index (κ1) is 14.1. The molecule has 112 valence electrons. The minimum Gasteiger partial charge on any atom is -0.478 e. The van der Waals surface area contributed by atoms with E-state index in [1.54, 1.807) is 18.2 Å². The first-order valence-electron chi connectivity index (χ1n) is 7.44. The van der Waals surface area contributed by atoms with Gasteiger partial charge in [-0.05, 0) is 38.0 Å². The molecule has 5 heteroatoms. The third-order valence-corrected chi connectivity index (χ3v) is 4.47. The standard InChI is InChI=1S/C16H20N2O3/c1-10-17-13-7-6-11(16(20)21)8-14(13)18(10)9-12-4-2-3-5-15(12)19/h6-8,12,15,19H,2-5,9H2,1H3,(H,20,21). The highest BCUT2D eigenvalue weighted by Gasteiger charge is 2.24. The summed E-state index contributed by atoms with van der Waals surface area (Å²) in [6.07, 6.45) is 3.84. The molecule has 1 aliphatic rings. The number of rotatable bonds is 3. The van der Waals surface area contributed by atoms with Gasteiger partial charge < -0.3 is 14.8 Å². The number of nitrogens with zero attached hydrogens (tertiary/aromatic N) is 2. The Morgan fingerprint density at radius 3 is 2.86 bits per heavy atom. The smallest absolute Gasteiger partial charge is 0.335 e. The van der Waals surface area contributed by atoms with Crippen molar-refractivity contribution in [3.63, 3.8) is 0 Å². The number of carbonyl (C=O) groups is 1. The maximum atomic E-state index is 11.1. The van der Waals surface area contributed by atoms with E-state index in [9.17, 15) is 9.90 Å². The number of aromatic carboxylic acids is 1. The molecule has 5 nitrogen and oxygen atoms in total. The van der Waals surface area contributed by atoms with Crippen molar-refractivity contribution in [1.82, 2.24) is 9.55 Å². The van der Waals surface area contributed by atoms with Gasteiger partial charge in [-0.3, -0.25) is 0 Å². The summed E-state index contributed by atoms with van der Waals surface area (Å²) in [5, 5.41) is 19.3. The van der Waals surface area contributed by atoms with Gasteiger partial charge in [0.2, 0.25) is 0 Å². The van der Waals surface area contributed by atoms with Gasteiger partial charge in [-0.25, -0.2) is 9.78 Å². The summed E-state index contributed by atoms with van der Waals surface area (Å²) >= 11 is 0. The number of imidazole rings is 1. The van der Waals surface area contributed by atoms with Crippen molar-refractivity contribution in [1.29, 1.82) is 0 Å². The zero-order valence-corrected chi connectivity index (χ0v) is 12.1. The predicted octanol–water partition coefficient (Wildman–Crippen LogP) is 2.59. The fraction of sp³-hybridized carbons (Fsp3) is 0.500. The lowest BCUT2D eigenvalue weighted by atomic mass is 9.86. The van der Waals surface area contributed by atoms with Crippen LogP contribution in [0.4, 0.5) is 0 Å². The lowest BCUT2D eigenvalue weighted by Gasteiger charge is -2.28. The summed E-state index contributed by atoms with van der Waals surface area (Å²) in [5.41, 5.74) is 1.92. The van der Waals surface area contributed by atoms with Crippen molar-refractivity contribution < 1.29 is 15.0 Å². The maximum Gasteiger partial charge on any atom is 0.335 e. The fourth-order valence-electron chi connectivity index (χ4n) is 3.24. The molecule has 2 N–H and O–H groups in total. The van der Waals surface area contributed by atoms with E-state index < -0.39 is 5.97 Å². The van der Waals surface area contributed by atoms with Gasteiger partial charge in [0, 0.05) is 12.5 Å². The molecular weight excluding hydrogens is 268 g/mol. The van der Waals surface area contributed by atoms with Gasteiger partial charge >= 0.3 is 5.97 Å². The zero-order chi connectivity index (χ0) is 15.0. The van der Waals surface area contributed by atoms with Crippen LogP contribution >= 0.6 is 0 Å². The summed E-state index contributed by atoms with van der Waals surface area (Å²) in [4.78, 5) is 15.6. The van der Waals surface area contributed by atoms with Crippen molar-refractivity contribution in [2.45, 2.75) is 45.3 Å². The molecule has 21 heavy (non-hydrogen) atoms. The molecule has 3 rings (SSSR count). The van der Waals surface area contributed by atoms with E-state index >= 15 is 0 Å². The molecule has 2 aromatic rings. The maximum absolute atomic E-state index is 11.1. The van der Waals surface area contributed by atoms with E-state index in [1.807, 2.05) is 11.5 Å². The Kier molecular flexibility index (Phi) is 3.68. The van der Waals surface area contributed by atoms with Gasteiger partial charge in [0.1, 0.15) is 5.82 Å². The summed E-state index contributed by atoms with van der Waals surface area (Å²) in [7, 11) is 0. The van der Waals surface area contributed by atoms with Gasteiger partial charge in [-0.15, -0.1) is 0 Å². The monoisotopic (exact) mass is 288 g/mol. The Hall–Kier alpha value is -1.88. The van der Waals surface area contributed by atoms with E-state index in [0.29, 0.717) is 6.54 Å². The second-order valence-electron chi connectivity index (χ2n) is 5.89. The van der Waals surface area contributed by atoms with Crippen LogP contribution in [0.5, 0.6) is 0 Å². The Bertz CT molecular complexity index is 677. The number of benzene rings is 1. The van der Waals surface area contributed by atoms with E-state index in [-0.39, 0.29) is 17.6 Å². The first-order valence-corrected chi connectivity index (χ1v) is 7.44. The van der Waals surface area contributed by atoms with Crippen LogP contribution in [-0.2, 0) is 6.54 Å². The molecule has 1 aliphatic carbocycles. The van der Waals surface area contributed by atoms with Crippen LogP contribution in [0.15, 0.2) is 18.2 Å². The largest absolute Gasteiger partial charge is 0.478 e. The molecule has 0 amide bonds. The number of aromatic nitrogens is 2. The van der Waals surface area contributed by atoms with E-state index in [4.69, 9.17) is 5.11 Å². The van der Waals surface area contributed by atoms with Crippen LogP contribution in [0.3, 0.4) is 0 Å². The predicted molar refractivity (Wildman–Crippen MR) is 79.4 cm³/mol. The fourth-order valence-corrected chi connectivity index (χ4v) is 3.24. The average Bonchev–Trinajstić information content (AvgIpc) is 2.76. The number of aryl methyl sites for hydroxylation is 1. The molecule has 0 radical (unpaired) electrons. The Morgan fingerprint density at radius 1 is 1.38 bits per heavy atom. The van der Waals surface area contributed by atoms with Gasteiger partial charge in [-0.2, -0.15) is 0 Å². The quantitative estimate of drug-likeness (QED) is 0.910. The first-order chi connectivity index (χ1) is 10.1. The van der Waals surface area contributed by atoms with Crippen molar-refractivity contribution in [2.75, 3.05) is 0 Å². The topological polar surface area (TPSA) is 75.3 Å². The van der Waals surface area contributed by atoms with Crippen LogP contribution in [0.2, 0.25) is 0 Å². The molecule has 2 atom stereocenters. The van der Waals surface area contributed by atoms with Gasteiger partial charge in [0.05, 0.1) is 22.7 Å². The zero-order valence-electron chi connectivity index (χ0n) is 12.1. The molecular formula is C16H20N2O3. The number of aliphatic hydroxyl groups excluding tert-OH is 1. The van der Waals surface area contributed by atoms with E-state index in [0.717, 1.165) is 42.5 Å². The van der Waals surface area contributed by atoms with Crippen molar-refractivity contribution in [2.24, 2.45) is 5.92 Å². The second kappa shape index (κ2) is 5.48. The molecule has 0 aliphatic heterocycles. The third kappa shape index (κ3) is 2.65. The molecule has 1 aromatic heterocycles. The van der Waals surface area contributed by atoms with Crippen molar-refractivity contribution >= 4 is 17.0 Å². The van der Waals surface area contributed by atoms with Crippen LogP contribution in [0, 0.1) is 12.8 Å².